The van der Waals surface area contributed by atoms with E-state index in [4.69, 9.17) is 4.74 Å². The van der Waals surface area contributed by atoms with E-state index in [-0.39, 0.29) is 30.5 Å². The minimum absolute atomic E-state index is 0.0280. The molecule has 3 heterocycles. The monoisotopic (exact) mass is 371 g/mol. The summed E-state index contributed by atoms with van der Waals surface area (Å²) >= 11 is 0. The van der Waals surface area contributed by atoms with Gasteiger partial charge in [0.25, 0.3) is 5.91 Å². The summed E-state index contributed by atoms with van der Waals surface area (Å²) in [5, 5.41) is 2.89. The third kappa shape index (κ3) is 3.38. The number of carbonyl (C=O) groups is 3. The Morgan fingerprint density at radius 1 is 1.19 bits per heavy atom. The van der Waals surface area contributed by atoms with E-state index in [0.29, 0.717) is 11.3 Å². The van der Waals surface area contributed by atoms with Crippen LogP contribution in [0, 0.1) is 0 Å². The number of ether oxygens (including phenoxy) is 1. The summed E-state index contributed by atoms with van der Waals surface area (Å²) in [5.74, 6) is -0.727. The molecule has 0 aliphatic carbocycles. The molecule has 0 aromatic heterocycles. The second-order valence-electron chi connectivity index (χ2n) is 7.58. The van der Waals surface area contributed by atoms with Gasteiger partial charge in [-0.15, -0.1) is 0 Å². The molecule has 4 rings (SSSR count). The molecule has 2 saturated heterocycles. The molecule has 1 aromatic rings. The van der Waals surface area contributed by atoms with Crippen LogP contribution in [0.5, 0.6) is 0 Å². The highest BCUT2D eigenvalue weighted by Gasteiger charge is 2.36. The fourth-order valence-corrected chi connectivity index (χ4v) is 4.32. The summed E-state index contributed by atoms with van der Waals surface area (Å²) < 4.78 is 5.24. The highest BCUT2D eigenvalue weighted by Crippen LogP contribution is 2.37. The van der Waals surface area contributed by atoms with E-state index in [0.717, 1.165) is 50.9 Å². The van der Waals surface area contributed by atoms with Crippen LogP contribution in [0.25, 0.3) is 0 Å². The Hall–Kier alpha value is -2.57. The molecule has 2 atom stereocenters. The molecular weight excluding hydrogens is 346 g/mol. The van der Waals surface area contributed by atoms with Crippen molar-refractivity contribution in [1.29, 1.82) is 0 Å². The van der Waals surface area contributed by atoms with Crippen molar-refractivity contribution in [2.24, 2.45) is 0 Å². The van der Waals surface area contributed by atoms with Gasteiger partial charge in [0.1, 0.15) is 6.04 Å². The molecular formula is C20H25N3O4. The van der Waals surface area contributed by atoms with Gasteiger partial charge in [-0.2, -0.15) is 0 Å². The van der Waals surface area contributed by atoms with Crippen LogP contribution in [-0.4, -0.2) is 54.5 Å². The van der Waals surface area contributed by atoms with Gasteiger partial charge in [0.2, 0.25) is 5.91 Å². The van der Waals surface area contributed by atoms with E-state index >= 15 is 0 Å². The number of carbonyl (C=O) groups excluding carboxylic acids is 3. The zero-order chi connectivity index (χ0) is 19.0. The van der Waals surface area contributed by atoms with E-state index < -0.39 is 5.97 Å². The summed E-state index contributed by atoms with van der Waals surface area (Å²) in [6.07, 6.45) is 4.95. The molecule has 2 amide bonds. The number of rotatable bonds is 3. The Bertz CT molecular complexity index is 778. The van der Waals surface area contributed by atoms with Crippen molar-refractivity contribution in [3.8, 4) is 0 Å². The molecule has 1 N–H and O–H groups in total. The molecule has 3 aliphatic rings. The number of amides is 2. The lowest BCUT2D eigenvalue weighted by molar-refractivity contribution is -0.137. The second kappa shape index (κ2) is 7.21. The number of nitrogens with one attached hydrogen (secondary N) is 1. The first-order valence-corrected chi connectivity index (χ1v) is 9.73. The van der Waals surface area contributed by atoms with Gasteiger partial charge in [-0.3, -0.25) is 9.59 Å². The van der Waals surface area contributed by atoms with Crippen LogP contribution in [0.15, 0.2) is 18.2 Å². The highest BCUT2D eigenvalue weighted by atomic mass is 16.5. The lowest BCUT2D eigenvalue weighted by atomic mass is 10.0. The van der Waals surface area contributed by atoms with Gasteiger partial charge in [0.05, 0.1) is 16.9 Å². The van der Waals surface area contributed by atoms with Gasteiger partial charge in [-0.25, -0.2) is 4.79 Å². The second-order valence-corrected chi connectivity index (χ2v) is 7.58. The first-order chi connectivity index (χ1) is 13.0. The number of hydrogen-bond acceptors (Lipinski definition) is 5. The Labute approximate surface area is 158 Å². The molecule has 2 fully saturated rings. The number of likely N-dealkylation sites (tertiary alicyclic amines) is 1. The fourth-order valence-electron chi connectivity index (χ4n) is 4.32. The van der Waals surface area contributed by atoms with Crippen LogP contribution in [-0.2, 0) is 14.3 Å². The minimum Gasteiger partial charge on any atom is -0.452 e. The van der Waals surface area contributed by atoms with Crippen LogP contribution in [0.4, 0.5) is 11.4 Å². The predicted molar refractivity (Wildman–Crippen MR) is 101 cm³/mol. The molecule has 0 saturated carbocycles. The van der Waals surface area contributed by atoms with Gasteiger partial charge in [0, 0.05) is 19.1 Å². The number of fused-ring (bicyclic) bond motifs is 3. The molecule has 7 nitrogen and oxygen atoms in total. The summed E-state index contributed by atoms with van der Waals surface area (Å²) in [6.45, 7) is 3.34. The number of esters is 1. The molecule has 7 heteroatoms. The van der Waals surface area contributed by atoms with Crippen LogP contribution >= 0.6 is 0 Å². The van der Waals surface area contributed by atoms with Crippen LogP contribution in [0.2, 0.25) is 0 Å². The van der Waals surface area contributed by atoms with Crippen molar-refractivity contribution in [2.75, 3.05) is 29.9 Å². The fraction of sp³-hybridized carbons (Fsp3) is 0.550. The third-order valence-electron chi connectivity index (χ3n) is 5.81. The summed E-state index contributed by atoms with van der Waals surface area (Å²) in [6, 6.07) is 5.26. The molecule has 27 heavy (non-hydrogen) atoms. The molecule has 144 valence electrons. The first kappa shape index (κ1) is 17.8. The maximum absolute atomic E-state index is 12.4. The lowest BCUT2D eigenvalue weighted by Gasteiger charge is -2.33. The van der Waals surface area contributed by atoms with Crippen LogP contribution < -0.4 is 10.2 Å². The van der Waals surface area contributed by atoms with E-state index in [1.54, 1.807) is 17.0 Å². The quantitative estimate of drug-likeness (QED) is 0.824. The molecule has 0 bridgehead atoms. The van der Waals surface area contributed by atoms with Crippen molar-refractivity contribution >= 4 is 29.2 Å². The zero-order valence-corrected chi connectivity index (χ0v) is 15.6. The summed E-state index contributed by atoms with van der Waals surface area (Å²) in [5.41, 5.74) is 1.90. The van der Waals surface area contributed by atoms with E-state index in [1.807, 2.05) is 13.0 Å². The van der Waals surface area contributed by atoms with Crippen LogP contribution in [0.3, 0.4) is 0 Å². The zero-order valence-electron chi connectivity index (χ0n) is 15.6. The number of nitrogens with zero attached hydrogens (tertiary/aromatic N) is 2. The maximum atomic E-state index is 12.4. The summed E-state index contributed by atoms with van der Waals surface area (Å²) in [4.78, 5) is 40.8. The van der Waals surface area contributed by atoms with Crippen molar-refractivity contribution in [3.05, 3.63) is 23.8 Å². The first-order valence-electron chi connectivity index (χ1n) is 9.73. The normalized spacial score (nSPS) is 24.1. The Morgan fingerprint density at radius 2 is 2.04 bits per heavy atom. The number of hydrogen-bond donors (Lipinski definition) is 1. The highest BCUT2D eigenvalue weighted by molar-refractivity contribution is 6.05. The van der Waals surface area contributed by atoms with Gasteiger partial charge >= 0.3 is 5.97 Å². The average molecular weight is 371 g/mol. The van der Waals surface area contributed by atoms with Gasteiger partial charge < -0.3 is 19.9 Å². The predicted octanol–water partition coefficient (Wildman–Crippen LogP) is 2.17. The van der Waals surface area contributed by atoms with Crippen molar-refractivity contribution in [3.63, 3.8) is 0 Å². The van der Waals surface area contributed by atoms with E-state index in [9.17, 15) is 14.4 Å². The third-order valence-corrected chi connectivity index (χ3v) is 5.81. The van der Waals surface area contributed by atoms with E-state index in [1.165, 1.54) is 0 Å². The molecule has 0 spiro atoms. The largest absolute Gasteiger partial charge is 0.452 e. The molecule has 1 aromatic carbocycles. The molecule has 0 unspecified atom stereocenters. The van der Waals surface area contributed by atoms with Gasteiger partial charge in [-0.1, -0.05) is 0 Å². The molecule has 0 radical (unpaired) electrons. The maximum Gasteiger partial charge on any atom is 0.338 e. The number of anilines is 2. The topological polar surface area (TPSA) is 79.0 Å². The minimum atomic E-state index is -0.548. The van der Waals surface area contributed by atoms with Gasteiger partial charge in [0.15, 0.2) is 6.61 Å². The number of benzene rings is 1. The average Bonchev–Trinajstić information content (AvgIpc) is 3.16. The summed E-state index contributed by atoms with van der Waals surface area (Å²) in [7, 11) is 0. The number of piperidine rings is 1. The Balaban J connectivity index is 1.42. The SMILES string of the molecule is C[C@@H]1CCCCN1C(=O)COC(=O)c1ccc2c(c1)NC(=O)[C@H]1CCCN21. The van der Waals surface area contributed by atoms with Gasteiger partial charge in [-0.05, 0) is 57.2 Å². The lowest BCUT2D eigenvalue weighted by Crippen LogP contribution is -2.44. The van der Waals surface area contributed by atoms with E-state index in [2.05, 4.69) is 10.2 Å². The van der Waals surface area contributed by atoms with Crippen LogP contribution in [0.1, 0.15) is 49.4 Å². The van der Waals surface area contributed by atoms with Crippen molar-refractivity contribution in [1.82, 2.24) is 4.90 Å². The Morgan fingerprint density at radius 3 is 2.85 bits per heavy atom. The Kier molecular flexibility index (Phi) is 4.76. The standard InChI is InChI=1S/C20H25N3O4/c1-13-5-2-3-9-22(13)18(24)12-27-20(26)14-7-8-16-15(11-14)21-19(25)17-6-4-10-23(16)17/h7-8,11,13,17H,2-6,9-10,12H2,1H3,(H,21,25)/t13-,17-/m1/s1. The molecule has 3 aliphatic heterocycles. The van der Waals surface area contributed by atoms with Crippen molar-refractivity contribution < 1.29 is 19.1 Å². The smallest absolute Gasteiger partial charge is 0.338 e. The van der Waals surface area contributed by atoms with Crippen molar-refractivity contribution in [2.45, 2.75) is 51.1 Å².